The van der Waals surface area contributed by atoms with Crippen LogP contribution in [0.5, 0.6) is 5.75 Å². The number of fused-ring (bicyclic) bond motifs is 1. The summed E-state index contributed by atoms with van der Waals surface area (Å²) < 4.78 is 20.9. The van der Waals surface area contributed by atoms with Gasteiger partial charge in [0.25, 0.3) is 0 Å². The summed E-state index contributed by atoms with van der Waals surface area (Å²) in [5, 5.41) is 0. The SMILES string of the molecule is NC1CC(c2ncc(Br)cc2Br)Oc2cc(F)ccc21. The topological polar surface area (TPSA) is 48.1 Å². The third kappa shape index (κ3) is 2.60. The van der Waals surface area contributed by atoms with Crippen LogP contribution >= 0.6 is 31.9 Å². The van der Waals surface area contributed by atoms with Gasteiger partial charge in [-0.25, -0.2) is 4.39 Å². The number of halogens is 3. The second-order valence-corrected chi connectivity index (χ2v) is 6.42. The highest BCUT2D eigenvalue weighted by Crippen LogP contribution is 2.41. The smallest absolute Gasteiger partial charge is 0.143 e. The van der Waals surface area contributed by atoms with Gasteiger partial charge in [-0.1, -0.05) is 6.07 Å². The van der Waals surface area contributed by atoms with E-state index in [0.717, 1.165) is 20.2 Å². The van der Waals surface area contributed by atoms with Crippen LogP contribution in [-0.4, -0.2) is 4.98 Å². The van der Waals surface area contributed by atoms with Crippen molar-refractivity contribution in [3.05, 3.63) is 56.5 Å². The van der Waals surface area contributed by atoms with Crippen molar-refractivity contribution in [2.75, 3.05) is 0 Å². The van der Waals surface area contributed by atoms with Gasteiger partial charge in [-0.2, -0.15) is 0 Å². The van der Waals surface area contributed by atoms with Crippen molar-refractivity contribution < 1.29 is 9.13 Å². The fraction of sp³-hybridized carbons (Fsp3) is 0.214. The highest BCUT2D eigenvalue weighted by atomic mass is 79.9. The molecule has 2 N–H and O–H groups in total. The lowest BCUT2D eigenvalue weighted by atomic mass is 9.95. The molecule has 104 valence electrons. The second kappa shape index (κ2) is 5.42. The van der Waals surface area contributed by atoms with Crippen molar-refractivity contribution in [3.63, 3.8) is 0 Å². The van der Waals surface area contributed by atoms with E-state index in [1.807, 2.05) is 6.07 Å². The number of nitrogens with zero attached hydrogens (tertiary/aromatic N) is 1. The van der Waals surface area contributed by atoms with E-state index in [1.165, 1.54) is 12.1 Å². The fourth-order valence-electron chi connectivity index (χ4n) is 2.31. The Morgan fingerprint density at radius 3 is 2.85 bits per heavy atom. The summed E-state index contributed by atoms with van der Waals surface area (Å²) in [5.74, 6) is 0.157. The first-order chi connectivity index (χ1) is 9.54. The van der Waals surface area contributed by atoms with Gasteiger partial charge in [-0.05, 0) is 44.0 Å². The summed E-state index contributed by atoms with van der Waals surface area (Å²) in [6.07, 6.45) is 2.02. The molecule has 2 unspecified atom stereocenters. The van der Waals surface area contributed by atoms with Gasteiger partial charge in [0.1, 0.15) is 17.7 Å². The molecule has 0 spiro atoms. The minimum atomic E-state index is -0.334. The summed E-state index contributed by atoms with van der Waals surface area (Å²) in [7, 11) is 0. The molecule has 3 nitrogen and oxygen atoms in total. The van der Waals surface area contributed by atoms with E-state index in [9.17, 15) is 4.39 Å². The molecule has 0 radical (unpaired) electrons. The number of aromatic nitrogens is 1. The second-order valence-electron chi connectivity index (χ2n) is 4.65. The Bertz CT molecular complexity index is 666. The van der Waals surface area contributed by atoms with Gasteiger partial charge in [-0.15, -0.1) is 0 Å². The number of nitrogens with two attached hydrogens (primary N) is 1. The molecule has 2 heterocycles. The summed E-state index contributed by atoms with van der Waals surface area (Å²) in [6, 6.07) is 6.15. The predicted octanol–water partition coefficient (Wildman–Crippen LogP) is 4.27. The minimum absolute atomic E-state index is 0.193. The Morgan fingerprint density at radius 1 is 1.30 bits per heavy atom. The molecule has 1 aliphatic rings. The van der Waals surface area contributed by atoms with E-state index in [4.69, 9.17) is 10.5 Å². The van der Waals surface area contributed by atoms with Gasteiger partial charge in [0.05, 0.1) is 5.69 Å². The minimum Gasteiger partial charge on any atom is -0.484 e. The van der Waals surface area contributed by atoms with Crippen molar-refractivity contribution in [2.24, 2.45) is 5.73 Å². The lowest BCUT2D eigenvalue weighted by molar-refractivity contribution is 0.156. The van der Waals surface area contributed by atoms with E-state index >= 15 is 0 Å². The number of hydrogen-bond acceptors (Lipinski definition) is 3. The van der Waals surface area contributed by atoms with Gasteiger partial charge >= 0.3 is 0 Å². The Kier molecular flexibility index (Phi) is 3.79. The standard InChI is InChI=1S/C14H11Br2FN2O/c15-7-3-10(16)14(19-6-7)13-5-11(18)9-2-1-8(17)4-12(9)20-13/h1-4,6,11,13H,5,18H2. The molecule has 0 saturated carbocycles. The zero-order valence-electron chi connectivity index (χ0n) is 10.3. The Morgan fingerprint density at radius 2 is 2.10 bits per heavy atom. The van der Waals surface area contributed by atoms with Crippen LogP contribution in [0.25, 0.3) is 0 Å². The van der Waals surface area contributed by atoms with Crippen molar-refractivity contribution in [3.8, 4) is 5.75 Å². The maximum Gasteiger partial charge on any atom is 0.143 e. The number of hydrogen-bond donors (Lipinski definition) is 1. The van der Waals surface area contributed by atoms with Crippen LogP contribution in [0, 0.1) is 5.82 Å². The van der Waals surface area contributed by atoms with Crippen molar-refractivity contribution in [1.82, 2.24) is 4.98 Å². The fourth-order valence-corrected chi connectivity index (χ4v) is 3.55. The maximum atomic E-state index is 13.3. The third-order valence-electron chi connectivity index (χ3n) is 3.25. The molecule has 1 aromatic carbocycles. The zero-order valence-corrected chi connectivity index (χ0v) is 13.5. The third-order valence-corrected chi connectivity index (χ3v) is 4.32. The first-order valence-corrected chi connectivity index (χ1v) is 7.66. The monoisotopic (exact) mass is 400 g/mol. The molecule has 2 atom stereocenters. The van der Waals surface area contributed by atoms with Gasteiger partial charge in [0.15, 0.2) is 0 Å². The lowest BCUT2D eigenvalue weighted by Gasteiger charge is -2.30. The first kappa shape index (κ1) is 14.0. The summed E-state index contributed by atoms with van der Waals surface area (Å²) >= 11 is 6.83. The summed E-state index contributed by atoms with van der Waals surface area (Å²) in [5.41, 5.74) is 7.74. The molecule has 0 fully saturated rings. The van der Waals surface area contributed by atoms with E-state index < -0.39 is 0 Å². The molecule has 6 heteroatoms. The van der Waals surface area contributed by atoms with Crippen LogP contribution in [0.15, 0.2) is 39.4 Å². The van der Waals surface area contributed by atoms with E-state index in [-0.39, 0.29) is 18.0 Å². The molecule has 1 aromatic heterocycles. The maximum absolute atomic E-state index is 13.3. The van der Waals surface area contributed by atoms with Gasteiger partial charge < -0.3 is 10.5 Å². The molecule has 3 rings (SSSR count). The Hall–Kier alpha value is -0.980. The summed E-state index contributed by atoms with van der Waals surface area (Å²) in [6.45, 7) is 0. The first-order valence-electron chi connectivity index (χ1n) is 6.07. The number of pyridine rings is 1. The van der Waals surface area contributed by atoms with E-state index in [0.29, 0.717) is 12.2 Å². The number of ether oxygens (including phenoxy) is 1. The molecular formula is C14H11Br2FN2O. The van der Waals surface area contributed by atoms with Gasteiger partial charge in [-0.3, -0.25) is 4.98 Å². The molecule has 2 aromatic rings. The van der Waals surface area contributed by atoms with Gasteiger partial charge in [0.2, 0.25) is 0 Å². The molecule has 1 aliphatic heterocycles. The van der Waals surface area contributed by atoms with Crippen LogP contribution in [0.1, 0.15) is 29.8 Å². The zero-order chi connectivity index (χ0) is 14.3. The lowest BCUT2D eigenvalue weighted by Crippen LogP contribution is -2.25. The molecule has 0 bridgehead atoms. The highest BCUT2D eigenvalue weighted by molar-refractivity contribution is 9.11. The molecular weight excluding hydrogens is 391 g/mol. The largest absolute Gasteiger partial charge is 0.484 e. The van der Waals surface area contributed by atoms with Crippen LogP contribution in [0.3, 0.4) is 0 Å². The van der Waals surface area contributed by atoms with Crippen molar-refractivity contribution in [2.45, 2.75) is 18.6 Å². The van der Waals surface area contributed by atoms with E-state index in [2.05, 4.69) is 36.8 Å². The van der Waals surface area contributed by atoms with Crippen molar-refractivity contribution in [1.29, 1.82) is 0 Å². The van der Waals surface area contributed by atoms with Crippen molar-refractivity contribution >= 4 is 31.9 Å². The van der Waals surface area contributed by atoms with Crippen LogP contribution in [0.2, 0.25) is 0 Å². The Balaban J connectivity index is 1.98. The predicted molar refractivity (Wildman–Crippen MR) is 81.0 cm³/mol. The van der Waals surface area contributed by atoms with Crippen LogP contribution < -0.4 is 10.5 Å². The quantitative estimate of drug-likeness (QED) is 0.776. The molecule has 0 amide bonds. The summed E-state index contributed by atoms with van der Waals surface area (Å²) in [4.78, 5) is 4.36. The Labute approximate surface area is 132 Å². The average Bonchev–Trinajstić information content (AvgIpc) is 2.37. The molecule has 0 aliphatic carbocycles. The number of benzene rings is 1. The number of rotatable bonds is 1. The highest BCUT2D eigenvalue weighted by Gasteiger charge is 2.29. The van der Waals surface area contributed by atoms with E-state index in [1.54, 1.807) is 12.3 Å². The molecule has 20 heavy (non-hydrogen) atoms. The normalized spacial score (nSPS) is 21.2. The van der Waals surface area contributed by atoms with Crippen LogP contribution in [0.4, 0.5) is 4.39 Å². The average molecular weight is 402 g/mol. The van der Waals surface area contributed by atoms with Crippen LogP contribution in [-0.2, 0) is 0 Å². The van der Waals surface area contributed by atoms with Gasteiger partial charge in [0, 0.05) is 39.2 Å². The molecule has 0 saturated heterocycles.